The number of imide groups is 1. The molecule has 2 aromatic carbocycles. The van der Waals surface area contributed by atoms with E-state index in [1.165, 1.54) is 47.3 Å². The Morgan fingerprint density at radius 1 is 0.951 bits per heavy atom. The van der Waals surface area contributed by atoms with Crippen molar-refractivity contribution in [2.24, 2.45) is 0 Å². The average molecular weight is 555 g/mol. The largest absolute Gasteiger partial charge is 0.480 e. The van der Waals surface area contributed by atoms with Crippen LogP contribution in [-0.2, 0) is 4.74 Å². The van der Waals surface area contributed by atoms with Gasteiger partial charge in [-0.25, -0.2) is 33.1 Å². The molecule has 12 heteroatoms. The predicted molar refractivity (Wildman–Crippen MR) is 141 cm³/mol. The Kier molecular flexibility index (Phi) is 6.22. The summed E-state index contributed by atoms with van der Waals surface area (Å²) in [6, 6.07) is 14.3. The van der Waals surface area contributed by atoms with Crippen LogP contribution in [0.25, 0.3) is 16.6 Å². The molecule has 0 spiro atoms. The first kappa shape index (κ1) is 25.7. The van der Waals surface area contributed by atoms with Gasteiger partial charge in [-0.15, -0.1) is 0 Å². The first-order valence-electron chi connectivity index (χ1n) is 12.3. The van der Waals surface area contributed by atoms with Crippen molar-refractivity contribution in [2.45, 2.75) is 13.0 Å². The van der Waals surface area contributed by atoms with Crippen LogP contribution in [0.15, 0.2) is 73.1 Å². The highest BCUT2D eigenvalue weighted by Crippen LogP contribution is 2.38. The molecule has 0 radical (unpaired) electrons. The van der Waals surface area contributed by atoms with Crippen molar-refractivity contribution in [3.63, 3.8) is 0 Å². The molecule has 41 heavy (non-hydrogen) atoms. The second kappa shape index (κ2) is 9.90. The van der Waals surface area contributed by atoms with E-state index in [9.17, 15) is 23.2 Å². The normalized spacial score (nSPS) is 13.4. The van der Waals surface area contributed by atoms with Crippen molar-refractivity contribution in [1.29, 1.82) is 0 Å². The van der Waals surface area contributed by atoms with Gasteiger partial charge in [-0.2, -0.15) is 5.10 Å². The molecule has 4 heterocycles. The van der Waals surface area contributed by atoms with Crippen molar-refractivity contribution in [1.82, 2.24) is 19.7 Å². The van der Waals surface area contributed by atoms with Crippen molar-refractivity contribution in [2.75, 3.05) is 12.0 Å². The summed E-state index contributed by atoms with van der Waals surface area (Å²) in [4.78, 5) is 48.5. The molecule has 0 N–H and O–H groups in total. The molecule has 2 amide bonds. The van der Waals surface area contributed by atoms with Crippen molar-refractivity contribution >= 4 is 34.5 Å². The molecule has 1 atom stereocenters. The number of fused-ring (bicyclic) bond motifs is 2. The molecule has 1 aliphatic rings. The zero-order valence-corrected chi connectivity index (χ0v) is 21.5. The van der Waals surface area contributed by atoms with Gasteiger partial charge >= 0.3 is 5.97 Å². The van der Waals surface area contributed by atoms with E-state index in [0.717, 1.165) is 18.1 Å². The van der Waals surface area contributed by atoms with Crippen molar-refractivity contribution < 1.29 is 32.6 Å². The summed E-state index contributed by atoms with van der Waals surface area (Å²) in [7, 11) is 1.10. The summed E-state index contributed by atoms with van der Waals surface area (Å²) in [5.74, 6) is -3.87. The number of benzene rings is 2. The Hall–Kier alpha value is -5.52. The van der Waals surface area contributed by atoms with Crippen LogP contribution in [-0.4, -0.2) is 44.6 Å². The van der Waals surface area contributed by atoms with Gasteiger partial charge in [0.05, 0.1) is 29.4 Å². The number of pyridine rings is 2. The third-order valence-electron chi connectivity index (χ3n) is 6.53. The molecule has 204 valence electrons. The fourth-order valence-corrected chi connectivity index (χ4v) is 4.62. The molecule has 0 unspecified atom stereocenters. The van der Waals surface area contributed by atoms with Crippen LogP contribution in [0.5, 0.6) is 5.75 Å². The standard InChI is InChI=1S/C29H19F2N5O5/c1-15(24-22(35-11-5-10-32-35)14-20(31)25(34-24)29(39)40-2)41-23-13-16-12-17(30)8-9-21(16)33-26(23)36-27(37)18-6-3-4-7-19(18)28(36)38/h3-15H,1-2H3/t15-/m0/s1. The van der Waals surface area contributed by atoms with Crippen LogP contribution in [0, 0.1) is 11.6 Å². The minimum absolute atomic E-state index is 0.0535. The van der Waals surface area contributed by atoms with E-state index in [2.05, 4.69) is 19.8 Å². The number of methoxy groups -OCH3 is 1. The van der Waals surface area contributed by atoms with E-state index < -0.39 is 41.2 Å². The predicted octanol–water partition coefficient (Wildman–Crippen LogP) is 4.82. The van der Waals surface area contributed by atoms with Crippen LogP contribution in [0.3, 0.4) is 0 Å². The Labute approximate surface area is 230 Å². The number of anilines is 1. The van der Waals surface area contributed by atoms with Gasteiger partial charge in [-0.3, -0.25) is 9.59 Å². The van der Waals surface area contributed by atoms with Crippen LogP contribution in [0.1, 0.15) is 49.9 Å². The first-order valence-corrected chi connectivity index (χ1v) is 12.3. The minimum atomic E-state index is -1.03. The first-order chi connectivity index (χ1) is 19.8. The van der Waals surface area contributed by atoms with E-state index in [-0.39, 0.29) is 34.1 Å². The Morgan fingerprint density at radius 2 is 1.68 bits per heavy atom. The number of halogens is 2. The zero-order chi connectivity index (χ0) is 28.8. The molecule has 0 aliphatic carbocycles. The molecule has 0 fully saturated rings. The number of carbonyl (C=O) groups is 3. The Balaban J connectivity index is 1.50. The number of nitrogens with zero attached hydrogens (tertiary/aromatic N) is 5. The summed E-state index contributed by atoms with van der Waals surface area (Å²) < 4.78 is 41.2. The van der Waals surface area contributed by atoms with E-state index in [4.69, 9.17) is 4.74 Å². The topological polar surface area (TPSA) is 117 Å². The molecule has 1 aliphatic heterocycles. The number of esters is 1. The maximum Gasteiger partial charge on any atom is 0.359 e. The third kappa shape index (κ3) is 4.35. The second-order valence-electron chi connectivity index (χ2n) is 9.06. The van der Waals surface area contributed by atoms with Crippen LogP contribution in [0.2, 0.25) is 0 Å². The highest BCUT2D eigenvalue weighted by molar-refractivity contribution is 6.34. The summed E-state index contributed by atoms with van der Waals surface area (Å²) >= 11 is 0. The van der Waals surface area contributed by atoms with Crippen LogP contribution >= 0.6 is 0 Å². The third-order valence-corrected chi connectivity index (χ3v) is 6.53. The molecule has 10 nitrogen and oxygen atoms in total. The van der Waals surface area contributed by atoms with Gasteiger partial charge in [0.2, 0.25) is 0 Å². The van der Waals surface area contributed by atoms with Crippen molar-refractivity contribution in [3.05, 3.63) is 107 Å². The minimum Gasteiger partial charge on any atom is -0.480 e. The number of ether oxygens (including phenoxy) is 2. The van der Waals surface area contributed by atoms with E-state index in [1.807, 2.05) is 0 Å². The zero-order valence-electron chi connectivity index (χ0n) is 21.5. The monoisotopic (exact) mass is 555 g/mol. The molecular weight excluding hydrogens is 536 g/mol. The number of hydrogen-bond acceptors (Lipinski definition) is 8. The second-order valence-corrected chi connectivity index (χ2v) is 9.06. The molecule has 0 saturated carbocycles. The number of carbonyl (C=O) groups excluding carboxylic acids is 3. The maximum absolute atomic E-state index is 14.9. The van der Waals surface area contributed by atoms with Gasteiger partial charge in [-0.1, -0.05) is 12.1 Å². The van der Waals surface area contributed by atoms with E-state index in [0.29, 0.717) is 10.9 Å². The highest BCUT2D eigenvalue weighted by Gasteiger charge is 2.39. The molecule has 0 bridgehead atoms. The summed E-state index contributed by atoms with van der Waals surface area (Å²) in [5, 5.41) is 4.47. The van der Waals surface area contributed by atoms with Gasteiger partial charge < -0.3 is 9.47 Å². The smallest absolute Gasteiger partial charge is 0.359 e. The quantitative estimate of drug-likeness (QED) is 0.216. The average Bonchev–Trinajstić information content (AvgIpc) is 3.59. The summed E-state index contributed by atoms with van der Waals surface area (Å²) in [6.45, 7) is 1.57. The maximum atomic E-state index is 14.9. The van der Waals surface area contributed by atoms with Gasteiger partial charge in [0.25, 0.3) is 11.8 Å². The summed E-state index contributed by atoms with van der Waals surface area (Å²) in [6.07, 6.45) is 2.00. The lowest BCUT2D eigenvalue weighted by molar-refractivity contribution is 0.0586. The molecule has 3 aromatic heterocycles. The van der Waals surface area contributed by atoms with E-state index >= 15 is 0 Å². The SMILES string of the molecule is COC(=O)c1nc([C@H](C)Oc2cc3cc(F)ccc3nc2N2C(=O)c3ccccc3C2=O)c(-n2cccn2)cc1F. The van der Waals surface area contributed by atoms with Gasteiger partial charge in [0.1, 0.15) is 17.6 Å². The van der Waals surface area contributed by atoms with Gasteiger partial charge in [0, 0.05) is 23.8 Å². The van der Waals surface area contributed by atoms with Crippen molar-refractivity contribution in [3.8, 4) is 11.4 Å². The number of amides is 2. The lowest BCUT2D eigenvalue weighted by Crippen LogP contribution is -2.31. The number of rotatable bonds is 6. The molecule has 0 saturated heterocycles. The summed E-state index contributed by atoms with van der Waals surface area (Å²) in [5.41, 5.74) is 0.372. The highest BCUT2D eigenvalue weighted by atomic mass is 19.1. The Morgan fingerprint density at radius 3 is 2.34 bits per heavy atom. The lowest BCUT2D eigenvalue weighted by atomic mass is 10.1. The van der Waals surface area contributed by atoms with Crippen LogP contribution in [0.4, 0.5) is 14.6 Å². The Bertz CT molecular complexity index is 1840. The molecular formula is C29H19F2N5O5. The molecule has 6 rings (SSSR count). The molecule has 5 aromatic rings. The van der Waals surface area contributed by atoms with Gasteiger partial charge in [0.15, 0.2) is 23.1 Å². The van der Waals surface area contributed by atoms with Gasteiger partial charge in [-0.05, 0) is 49.4 Å². The fraction of sp³-hybridized carbons (Fsp3) is 0.103. The van der Waals surface area contributed by atoms with E-state index in [1.54, 1.807) is 31.3 Å². The number of hydrogen-bond donors (Lipinski definition) is 0. The fourth-order valence-electron chi connectivity index (χ4n) is 4.62. The lowest BCUT2D eigenvalue weighted by Gasteiger charge is -2.22. The number of aromatic nitrogens is 4. The van der Waals surface area contributed by atoms with Crippen LogP contribution < -0.4 is 9.64 Å².